The Morgan fingerprint density at radius 2 is 1.97 bits per heavy atom. The molecule has 3 aliphatic heterocycles. The minimum Gasteiger partial charge on any atom is -0.493 e. The normalized spacial score (nSPS) is 22.7. The zero-order valence-electron chi connectivity index (χ0n) is 22.0. The van der Waals surface area contributed by atoms with E-state index in [4.69, 9.17) is 14.0 Å². The molecule has 1 atom stereocenters. The Morgan fingerprint density at radius 3 is 2.81 bits per heavy atom. The van der Waals surface area contributed by atoms with E-state index < -0.39 is 0 Å². The molecule has 8 nitrogen and oxygen atoms in total. The first-order valence-corrected chi connectivity index (χ1v) is 13.9. The Bertz CT molecular complexity index is 1070. The van der Waals surface area contributed by atoms with Crippen molar-refractivity contribution in [3.63, 3.8) is 0 Å². The van der Waals surface area contributed by atoms with Crippen molar-refractivity contribution in [2.24, 2.45) is 5.41 Å². The van der Waals surface area contributed by atoms with Gasteiger partial charge in [0, 0.05) is 49.7 Å². The Balaban J connectivity index is 1.27. The van der Waals surface area contributed by atoms with Crippen LogP contribution >= 0.6 is 0 Å². The molecule has 2 saturated heterocycles. The molecule has 1 aromatic carbocycles. The van der Waals surface area contributed by atoms with E-state index in [1.165, 1.54) is 0 Å². The molecule has 4 heterocycles. The second kappa shape index (κ2) is 11.7. The second-order valence-corrected chi connectivity index (χ2v) is 10.9. The molecule has 37 heavy (non-hydrogen) atoms. The van der Waals surface area contributed by atoms with Crippen LogP contribution in [-0.4, -0.2) is 72.3 Å². The number of aryl methyl sites for hydroxylation is 1. The SMILES string of the molecule is CCCc1cc(C(=O)N2CCC3(CCCCOC[C@@H]4CCCN4C(=O)c4cccc(c4)OC3)CC2)no1. The van der Waals surface area contributed by atoms with Gasteiger partial charge in [0.15, 0.2) is 5.69 Å². The van der Waals surface area contributed by atoms with E-state index in [9.17, 15) is 9.59 Å². The third kappa shape index (κ3) is 6.00. The summed E-state index contributed by atoms with van der Waals surface area (Å²) in [5, 5.41) is 4.01. The van der Waals surface area contributed by atoms with Crippen LogP contribution in [0.15, 0.2) is 34.9 Å². The van der Waals surface area contributed by atoms with E-state index in [0.717, 1.165) is 75.8 Å². The monoisotopic (exact) mass is 509 g/mol. The molecule has 0 aliphatic carbocycles. The van der Waals surface area contributed by atoms with Gasteiger partial charge in [0.2, 0.25) is 0 Å². The third-order valence-electron chi connectivity index (χ3n) is 8.21. The largest absolute Gasteiger partial charge is 0.493 e. The number of carbonyl (C=O) groups is 2. The highest BCUT2D eigenvalue weighted by Crippen LogP contribution is 2.38. The molecule has 1 spiro atoms. The number of aromatic nitrogens is 1. The molecule has 5 rings (SSSR count). The van der Waals surface area contributed by atoms with Crippen molar-refractivity contribution in [1.82, 2.24) is 15.0 Å². The summed E-state index contributed by atoms with van der Waals surface area (Å²) in [5.74, 6) is 1.50. The maximum absolute atomic E-state index is 13.2. The number of ether oxygens (including phenoxy) is 2. The second-order valence-electron chi connectivity index (χ2n) is 10.9. The van der Waals surface area contributed by atoms with Crippen LogP contribution in [0.3, 0.4) is 0 Å². The summed E-state index contributed by atoms with van der Waals surface area (Å²) in [5.41, 5.74) is 1.05. The topological polar surface area (TPSA) is 85.1 Å². The van der Waals surface area contributed by atoms with Crippen molar-refractivity contribution >= 4 is 11.8 Å². The number of rotatable bonds is 3. The molecular formula is C29H39N3O5. The molecule has 200 valence electrons. The zero-order chi connectivity index (χ0) is 25.7. The molecule has 2 bridgehead atoms. The minimum atomic E-state index is -0.0563. The van der Waals surface area contributed by atoms with Gasteiger partial charge in [0.1, 0.15) is 11.5 Å². The third-order valence-corrected chi connectivity index (χ3v) is 8.21. The maximum Gasteiger partial charge on any atom is 0.276 e. The van der Waals surface area contributed by atoms with E-state index in [2.05, 4.69) is 12.1 Å². The molecule has 1 aromatic heterocycles. The first-order chi connectivity index (χ1) is 18.1. The van der Waals surface area contributed by atoms with Gasteiger partial charge in [-0.05, 0) is 63.1 Å². The fourth-order valence-electron chi connectivity index (χ4n) is 5.91. The molecule has 2 amide bonds. The fraction of sp³-hybridized carbons (Fsp3) is 0.621. The number of hydrogen-bond acceptors (Lipinski definition) is 6. The highest BCUT2D eigenvalue weighted by Gasteiger charge is 2.37. The van der Waals surface area contributed by atoms with Gasteiger partial charge in [-0.15, -0.1) is 0 Å². The Hall–Kier alpha value is -2.87. The average molecular weight is 510 g/mol. The summed E-state index contributed by atoms with van der Waals surface area (Å²) in [6.45, 7) is 6.09. The molecule has 3 aliphatic rings. The highest BCUT2D eigenvalue weighted by molar-refractivity contribution is 5.95. The standard InChI is InChI=1S/C29H39N3O5/c1-2-7-25-19-26(30-37-25)28(34)31-15-12-29(13-16-31)11-3-4-17-35-20-23-9-6-14-32(23)27(33)22-8-5-10-24(18-22)36-21-29/h5,8,10,18-19,23H,2-4,6-7,9,11-17,20-21H2,1H3/t23-/m0/s1. The van der Waals surface area contributed by atoms with Crippen LogP contribution in [0.1, 0.15) is 84.9 Å². The maximum atomic E-state index is 13.2. The van der Waals surface area contributed by atoms with Gasteiger partial charge in [-0.25, -0.2) is 0 Å². The zero-order valence-corrected chi connectivity index (χ0v) is 22.0. The molecule has 8 heteroatoms. The van der Waals surface area contributed by atoms with E-state index in [1.54, 1.807) is 6.07 Å². The van der Waals surface area contributed by atoms with Gasteiger partial charge in [-0.3, -0.25) is 9.59 Å². The van der Waals surface area contributed by atoms with Gasteiger partial charge < -0.3 is 23.8 Å². The molecule has 2 aromatic rings. The summed E-state index contributed by atoms with van der Waals surface area (Å²) in [4.78, 5) is 30.2. The van der Waals surface area contributed by atoms with E-state index in [-0.39, 0.29) is 23.3 Å². The first kappa shape index (κ1) is 25.8. The minimum absolute atomic E-state index is 0.0197. The van der Waals surface area contributed by atoms with Gasteiger partial charge in [0.05, 0.1) is 19.3 Å². The van der Waals surface area contributed by atoms with Crippen LogP contribution in [0.5, 0.6) is 5.75 Å². The summed E-state index contributed by atoms with van der Waals surface area (Å²) in [6, 6.07) is 9.52. The first-order valence-electron chi connectivity index (χ1n) is 13.9. The number of likely N-dealkylation sites (tertiary alicyclic amines) is 1. The van der Waals surface area contributed by atoms with Crippen molar-refractivity contribution in [1.29, 1.82) is 0 Å². The van der Waals surface area contributed by atoms with Gasteiger partial charge in [0.25, 0.3) is 11.8 Å². The summed E-state index contributed by atoms with van der Waals surface area (Å²) < 4.78 is 17.7. The number of amides is 2. The van der Waals surface area contributed by atoms with Crippen molar-refractivity contribution < 1.29 is 23.6 Å². The summed E-state index contributed by atoms with van der Waals surface area (Å²) in [6.07, 6.45) is 8.56. The lowest BCUT2D eigenvalue weighted by Gasteiger charge is -2.41. The number of fused-ring (bicyclic) bond motifs is 3. The Kier molecular flexibility index (Phi) is 8.13. The molecule has 2 fully saturated rings. The molecular weight excluding hydrogens is 470 g/mol. The van der Waals surface area contributed by atoms with Gasteiger partial charge >= 0.3 is 0 Å². The lowest BCUT2D eigenvalue weighted by atomic mass is 9.75. The van der Waals surface area contributed by atoms with Crippen LogP contribution in [0, 0.1) is 5.41 Å². The molecule has 0 unspecified atom stereocenters. The number of nitrogens with zero attached hydrogens (tertiary/aromatic N) is 3. The van der Waals surface area contributed by atoms with E-state index in [0.29, 0.717) is 44.2 Å². The van der Waals surface area contributed by atoms with E-state index in [1.807, 2.05) is 34.1 Å². The quantitative estimate of drug-likeness (QED) is 0.595. The molecule has 0 saturated carbocycles. The van der Waals surface area contributed by atoms with Crippen LogP contribution in [0.2, 0.25) is 0 Å². The number of piperidine rings is 1. The van der Waals surface area contributed by atoms with Gasteiger partial charge in [-0.1, -0.05) is 24.6 Å². The van der Waals surface area contributed by atoms with Crippen molar-refractivity contribution in [2.75, 3.05) is 39.5 Å². The molecule has 0 radical (unpaired) electrons. The van der Waals surface area contributed by atoms with Crippen LogP contribution in [-0.2, 0) is 11.2 Å². The number of hydrogen-bond donors (Lipinski definition) is 0. The predicted octanol–water partition coefficient (Wildman–Crippen LogP) is 4.73. The van der Waals surface area contributed by atoms with Crippen LogP contribution in [0.4, 0.5) is 0 Å². The highest BCUT2D eigenvalue weighted by atomic mass is 16.5. The lowest BCUT2D eigenvalue weighted by molar-refractivity contribution is 0.0327. The van der Waals surface area contributed by atoms with Crippen LogP contribution in [0.25, 0.3) is 0 Å². The van der Waals surface area contributed by atoms with Crippen molar-refractivity contribution in [3.8, 4) is 5.75 Å². The predicted molar refractivity (Wildman–Crippen MR) is 139 cm³/mol. The fourth-order valence-corrected chi connectivity index (χ4v) is 5.91. The molecule has 0 N–H and O–H groups in total. The van der Waals surface area contributed by atoms with E-state index >= 15 is 0 Å². The van der Waals surface area contributed by atoms with Crippen molar-refractivity contribution in [2.45, 2.75) is 70.8 Å². The Morgan fingerprint density at radius 1 is 1.11 bits per heavy atom. The number of carbonyl (C=O) groups excluding carboxylic acids is 2. The lowest BCUT2D eigenvalue weighted by Crippen LogP contribution is -2.45. The summed E-state index contributed by atoms with van der Waals surface area (Å²) >= 11 is 0. The van der Waals surface area contributed by atoms with Crippen LogP contribution < -0.4 is 4.74 Å². The smallest absolute Gasteiger partial charge is 0.276 e. The average Bonchev–Trinajstić information content (AvgIpc) is 3.59. The van der Waals surface area contributed by atoms with Gasteiger partial charge in [-0.2, -0.15) is 0 Å². The number of benzene rings is 1. The summed E-state index contributed by atoms with van der Waals surface area (Å²) in [7, 11) is 0. The Labute approximate surface area is 219 Å². The van der Waals surface area contributed by atoms with Crippen molar-refractivity contribution in [3.05, 3.63) is 47.3 Å².